The summed E-state index contributed by atoms with van der Waals surface area (Å²) in [4.78, 5) is 8.22. The lowest BCUT2D eigenvalue weighted by Crippen LogP contribution is -2.07. The van der Waals surface area contributed by atoms with E-state index in [4.69, 9.17) is 14.0 Å². The Kier molecular flexibility index (Phi) is 5.10. The van der Waals surface area contributed by atoms with E-state index in [-0.39, 0.29) is 17.6 Å². The first-order valence-corrected chi connectivity index (χ1v) is 8.40. The predicted molar refractivity (Wildman–Crippen MR) is 95.9 cm³/mol. The Labute approximate surface area is 162 Å². The lowest BCUT2D eigenvalue weighted by molar-refractivity contribution is 0.0796. The van der Waals surface area contributed by atoms with Crippen molar-refractivity contribution in [3.63, 3.8) is 0 Å². The highest BCUT2D eigenvalue weighted by atomic mass is 19.3. The van der Waals surface area contributed by atoms with Gasteiger partial charge in [0.15, 0.2) is 12.3 Å². The number of rotatable bonds is 7. The van der Waals surface area contributed by atoms with Gasteiger partial charge in [-0.15, -0.1) is 5.10 Å². The zero-order valence-corrected chi connectivity index (χ0v) is 15.1. The number of aromatic nitrogens is 6. The molecule has 0 aliphatic carbocycles. The van der Waals surface area contributed by atoms with E-state index < -0.39 is 13.0 Å². The van der Waals surface area contributed by atoms with Crippen LogP contribution >= 0.6 is 0 Å². The van der Waals surface area contributed by atoms with E-state index in [2.05, 4.69) is 25.4 Å². The summed E-state index contributed by atoms with van der Waals surface area (Å²) in [5, 5.41) is 12.0. The summed E-state index contributed by atoms with van der Waals surface area (Å²) >= 11 is 0. The third-order valence-corrected chi connectivity index (χ3v) is 3.83. The van der Waals surface area contributed by atoms with E-state index in [0.717, 1.165) is 11.4 Å². The van der Waals surface area contributed by atoms with Gasteiger partial charge in [-0.2, -0.15) is 4.98 Å². The molecule has 0 spiro atoms. The minimum absolute atomic E-state index is 0.0835. The second-order valence-corrected chi connectivity index (χ2v) is 5.76. The Hall–Kier alpha value is -3.89. The smallest absolute Gasteiger partial charge is 0.280 e. The van der Waals surface area contributed by atoms with Crippen LogP contribution in [0, 0.1) is 0 Å². The zero-order chi connectivity index (χ0) is 20.2. The number of methoxy groups -OCH3 is 1. The van der Waals surface area contributed by atoms with E-state index in [9.17, 15) is 8.78 Å². The summed E-state index contributed by atoms with van der Waals surface area (Å²) in [6, 6.07) is 10.3. The minimum Gasteiger partial charge on any atom is -0.497 e. The van der Waals surface area contributed by atoms with Crippen molar-refractivity contribution in [3.05, 3.63) is 48.8 Å². The molecule has 0 unspecified atom stereocenters. The molecule has 0 bridgehead atoms. The molecular formula is C18H14F2N6O3. The van der Waals surface area contributed by atoms with Crippen LogP contribution in [0.25, 0.3) is 28.7 Å². The van der Waals surface area contributed by atoms with Gasteiger partial charge < -0.3 is 14.0 Å². The molecule has 0 saturated carbocycles. The van der Waals surface area contributed by atoms with Crippen molar-refractivity contribution in [1.82, 2.24) is 30.1 Å². The van der Waals surface area contributed by atoms with Crippen LogP contribution in [-0.2, 0) is 0 Å². The fraction of sp³-hybridized carbons (Fsp3) is 0.167. The van der Waals surface area contributed by atoms with Gasteiger partial charge in [-0.3, -0.25) is 0 Å². The quantitative estimate of drug-likeness (QED) is 0.467. The van der Waals surface area contributed by atoms with E-state index in [1.54, 1.807) is 24.1 Å². The Morgan fingerprint density at radius 1 is 1.14 bits per heavy atom. The standard InChI is InChI=1S/C18H14F2N6O3/c1-27-13-5-3-12(4-6-13)26-9-14(23-25-26)18-22-17(24-29-18)11-2-7-16(21-8-11)28-10-15(19)20/h2-9,15H,10H2,1H3. The molecule has 0 fully saturated rings. The number of hydrogen-bond donors (Lipinski definition) is 0. The van der Waals surface area contributed by atoms with Gasteiger partial charge in [-0.05, 0) is 30.3 Å². The number of ether oxygens (including phenoxy) is 2. The Morgan fingerprint density at radius 2 is 1.97 bits per heavy atom. The summed E-state index contributed by atoms with van der Waals surface area (Å²) in [5.41, 5.74) is 1.71. The number of pyridine rings is 1. The normalized spacial score (nSPS) is 11.0. The topological polar surface area (TPSA) is 101 Å². The number of hydrogen-bond acceptors (Lipinski definition) is 8. The van der Waals surface area contributed by atoms with Crippen LogP contribution in [0.4, 0.5) is 8.78 Å². The number of nitrogens with zero attached hydrogens (tertiary/aromatic N) is 6. The average Bonchev–Trinajstić information content (AvgIpc) is 3.42. The van der Waals surface area contributed by atoms with Crippen LogP contribution in [-0.4, -0.2) is 50.3 Å². The fourth-order valence-electron chi connectivity index (χ4n) is 2.41. The first-order chi connectivity index (χ1) is 14.1. The van der Waals surface area contributed by atoms with Gasteiger partial charge in [-0.1, -0.05) is 10.4 Å². The van der Waals surface area contributed by atoms with Crippen molar-refractivity contribution in [2.45, 2.75) is 6.43 Å². The molecule has 0 aliphatic rings. The highest BCUT2D eigenvalue weighted by Crippen LogP contribution is 2.22. The molecule has 3 heterocycles. The molecule has 0 radical (unpaired) electrons. The Morgan fingerprint density at radius 3 is 2.66 bits per heavy atom. The Bertz CT molecular complexity index is 1080. The van der Waals surface area contributed by atoms with Gasteiger partial charge in [-0.25, -0.2) is 18.4 Å². The molecule has 0 aliphatic heterocycles. The monoisotopic (exact) mass is 400 g/mol. The first kappa shape index (κ1) is 18.5. The van der Waals surface area contributed by atoms with Gasteiger partial charge in [0.2, 0.25) is 11.7 Å². The van der Waals surface area contributed by atoms with E-state index in [1.165, 1.54) is 12.3 Å². The maximum atomic E-state index is 12.2. The van der Waals surface area contributed by atoms with Crippen LogP contribution in [0.1, 0.15) is 0 Å². The van der Waals surface area contributed by atoms with E-state index in [1.807, 2.05) is 24.3 Å². The number of benzene rings is 1. The predicted octanol–water partition coefficient (Wildman–Crippen LogP) is 3.03. The molecule has 11 heteroatoms. The molecule has 0 amide bonds. The highest BCUT2D eigenvalue weighted by molar-refractivity contribution is 5.57. The summed E-state index contributed by atoms with van der Waals surface area (Å²) in [5.74, 6) is 1.26. The van der Waals surface area contributed by atoms with Crippen molar-refractivity contribution in [1.29, 1.82) is 0 Å². The van der Waals surface area contributed by atoms with Crippen molar-refractivity contribution in [3.8, 4) is 40.3 Å². The van der Waals surface area contributed by atoms with E-state index >= 15 is 0 Å². The lowest BCUT2D eigenvalue weighted by atomic mass is 10.3. The number of halogens is 2. The molecular weight excluding hydrogens is 386 g/mol. The number of alkyl halides is 2. The molecule has 0 N–H and O–H groups in total. The second kappa shape index (κ2) is 8.00. The summed E-state index contributed by atoms with van der Waals surface area (Å²) in [7, 11) is 1.59. The molecule has 0 saturated heterocycles. The van der Waals surface area contributed by atoms with Gasteiger partial charge in [0.25, 0.3) is 12.3 Å². The fourth-order valence-corrected chi connectivity index (χ4v) is 2.41. The van der Waals surface area contributed by atoms with Crippen LogP contribution in [0.2, 0.25) is 0 Å². The third kappa shape index (κ3) is 4.18. The maximum Gasteiger partial charge on any atom is 0.280 e. The molecule has 3 aromatic heterocycles. The van der Waals surface area contributed by atoms with Crippen molar-refractivity contribution in [2.24, 2.45) is 0 Å². The van der Waals surface area contributed by atoms with Crippen LogP contribution in [0.5, 0.6) is 11.6 Å². The molecule has 4 aromatic rings. The third-order valence-electron chi connectivity index (χ3n) is 3.83. The summed E-state index contributed by atoms with van der Waals surface area (Å²) in [6.07, 6.45) is 0.491. The summed E-state index contributed by atoms with van der Waals surface area (Å²) < 4.78 is 41.1. The first-order valence-electron chi connectivity index (χ1n) is 8.40. The molecule has 9 nitrogen and oxygen atoms in total. The largest absolute Gasteiger partial charge is 0.497 e. The SMILES string of the molecule is COc1ccc(-n2cc(-c3nc(-c4ccc(OCC(F)F)nc4)no3)nn2)cc1. The van der Waals surface area contributed by atoms with E-state index in [0.29, 0.717) is 11.3 Å². The highest BCUT2D eigenvalue weighted by Gasteiger charge is 2.15. The van der Waals surface area contributed by atoms with Gasteiger partial charge in [0.1, 0.15) is 5.75 Å². The van der Waals surface area contributed by atoms with Gasteiger partial charge in [0.05, 0.1) is 19.0 Å². The van der Waals surface area contributed by atoms with Crippen LogP contribution in [0.3, 0.4) is 0 Å². The van der Waals surface area contributed by atoms with Crippen molar-refractivity contribution < 1.29 is 22.8 Å². The molecule has 4 rings (SSSR count). The maximum absolute atomic E-state index is 12.2. The Balaban J connectivity index is 1.49. The minimum atomic E-state index is -2.57. The van der Waals surface area contributed by atoms with Gasteiger partial charge in [0, 0.05) is 17.8 Å². The molecule has 148 valence electrons. The van der Waals surface area contributed by atoms with Crippen molar-refractivity contribution in [2.75, 3.05) is 13.7 Å². The van der Waals surface area contributed by atoms with Gasteiger partial charge >= 0.3 is 0 Å². The average molecular weight is 400 g/mol. The lowest BCUT2D eigenvalue weighted by Gasteiger charge is -2.03. The van der Waals surface area contributed by atoms with Crippen LogP contribution in [0.15, 0.2) is 53.3 Å². The summed E-state index contributed by atoms with van der Waals surface area (Å²) in [6.45, 7) is -0.720. The zero-order valence-electron chi connectivity index (χ0n) is 15.1. The van der Waals surface area contributed by atoms with Crippen molar-refractivity contribution >= 4 is 0 Å². The molecule has 0 atom stereocenters. The van der Waals surface area contributed by atoms with Crippen LogP contribution < -0.4 is 9.47 Å². The second-order valence-electron chi connectivity index (χ2n) is 5.76. The molecule has 1 aromatic carbocycles. The molecule has 29 heavy (non-hydrogen) atoms.